The van der Waals surface area contributed by atoms with E-state index in [2.05, 4.69) is 15.9 Å². The molecule has 0 aliphatic heterocycles. The van der Waals surface area contributed by atoms with Gasteiger partial charge < -0.3 is 0 Å². The van der Waals surface area contributed by atoms with E-state index in [1.807, 2.05) is 18.2 Å². The first-order valence-corrected chi connectivity index (χ1v) is 14.8. The van der Waals surface area contributed by atoms with E-state index in [1.165, 1.54) is 0 Å². The van der Waals surface area contributed by atoms with Crippen LogP contribution in [0.5, 0.6) is 0 Å². The molecule has 33 heavy (non-hydrogen) atoms. The number of hydrogen-bond acceptors (Lipinski definition) is 0. The molecule has 2 fully saturated rings. The largest absolute Gasteiger partial charge is 0.167 e. The molecule has 6 rings (SSSR count). The monoisotopic (exact) mass is 746 g/mol. The molecular weight excluding hydrogens is 746 g/mol. The number of allylic oxidation sites excluding steroid dienone is 4. The summed E-state index contributed by atoms with van der Waals surface area (Å²) in [7, 11) is 0. The van der Waals surface area contributed by atoms with E-state index in [0.717, 1.165) is 15.6 Å². The Morgan fingerprint density at radius 2 is 0.909 bits per heavy atom. The van der Waals surface area contributed by atoms with Crippen molar-refractivity contribution in [1.82, 2.24) is 0 Å². The van der Waals surface area contributed by atoms with Gasteiger partial charge in [0.1, 0.15) is 19.5 Å². The Hall–Kier alpha value is 2.66. The zero-order valence-corrected chi connectivity index (χ0v) is 26.1. The Kier molecular flexibility index (Phi) is 5.53. The van der Waals surface area contributed by atoms with E-state index in [0.29, 0.717) is 0 Å². The lowest BCUT2D eigenvalue weighted by Crippen LogP contribution is -2.53. The summed E-state index contributed by atoms with van der Waals surface area (Å²) in [5.41, 5.74) is 1.53. The van der Waals surface area contributed by atoms with Crippen LogP contribution in [0.25, 0.3) is 0 Å². The van der Waals surface area contributed by atoms with Crippen molar-refractivity contribution >= 4 is 155 Å². The Labute approximate surface area is 258 Å². The topological polar surface area (TPSA) is 0 Å². The van der Waals surface area contributed by atoms with Crippen LogP contribution in [-0.4, -0.2) is 28.2 Å². The highest BCUT2D eigenvalue weighted by molar-refractivity contribution is 9.10. The molecule has 0 unspecified atom stereocenters. The van der Waals surface area contributed by atoms with Crippen molar-refractivity contribution in [3.8, 4) is 0 Å². The number of benzene rings is 1. The van der Waals surface area contributed by atoms with Gasteiger partial charge in [-0.2, -0.15) is 0 Å². The summed E-state index contributed by atoms with van der Waals surface area (Å²) in [6.07, 6.45) is 0. The van der Waals surface area contributed by atoms with E-state index in [9.17, 15) is 0 Å². The summed E-state index contributed by atoms with van der Waals surface area (Å²) in [6, 6.07) is 5.64. The van der Waals surface area contributed by atoms with Crippen LogP contribution in [0.15, 0.2) is 42.8 Å². The minimum absolute atomic E-state index is 0.0388. The van der Waals surface area contributed by atoms with Crippen LogP contribution < -0.4 is 0 Å². The van der Waals surface area contributed by atoms with Crippen LogP contribution >= 0.6 is 155 Å². The van der Waals surface area contributed by atoms with Crippen molar-refractivity contribution in [1.29, 1.82) is 0 Å². The second-order valence-corrected chi connectivity index (χ2v) is 16.5. The van der Waals surface area contributed by atoms with E-state index in [4.69, 9.17) is 139 Å². The number of alkyl halides is 8. The molecule has 1 aromatic carbocycles. The summed E-state index contributed by atoms with van der Waals surface area (Å²) < 4.78 is -2.86. The quantitative estimate of drug-likeness (QED) is 0.232. The number of halogens is 13. The molecule has 0 nitrogen and oxygen atoms in total. The van der Waals surface area contributed by atoms with Crippen LogP contribution in [-0.2, 0) is 0 Å². The van der Waals surface area contributed by atoms with E-state index >= 15 is 0 Å². The van der Waals surface area contributed by atoms with Gasteiger partial charge in [-0.1, -0.05) is 115 Å². The lowest BCUT2D eigenvalue weighted by atomic mass is 9.57. The Bertz CT molecular complexity index is 1240. The molecule has 0 radical (unpaired) electrons. The van der Waals surface area contributed by atoms with Crippen molar-refractivity contribution in [3.63, 3.8) is 0 Å². The zero-order chi connectivity index (χ0) is 24.5. The Morgan fingerprint density at radius 1 is 0.545 bits per heavy atom. The molecular formula is C20H7BrCl12. The maximum Gasteiger partial charge on any atom is 0.167 e. The fourth-order valence-electron chi connectivity index (χ4n) is 6.87. The molecule has 0 aromatic heterocycles. The second kappa shape index (κ2) is 7.04. The van der Waals surface area contributed by atoms with Crippen LogP contribution in [0.3, 0.4) is 0 Å². The van der Waals surface area contributed by atoms with E-state index in [-0.39, 0.29) is 20.1 Å². The van der Waals surface area contributed by atoms with Crippen LogP contribution in [0.1, 0.15) is 23.0 Å². The maximum atomic E-state index is 7.28. The SMILES string of the molecule is ClC1=C(Cl)[C@]2(Cl)[C@@H]3[C@@H]4[C@@H](c5cc(Br)ccc5[C@H]3[C@@]1(Cl)C2(Cl)Cl)[C@@]1(Cl)C(Cl)=C(Cl)[C@]4(Cl)C1(Cl)Cl. The third kappa shape index (κ3) is 2.27. The van der Waals surface area contributed by atoms with Crippen molar-refractivity contribution < 1.29 is 0 Å². The first-order chi connectivity index (χ1) is 15.0. The molecule has 0 spiro atoms. The molecule has 2 saturated carbocycles. The number of rotatable bonds is 0. The molecule has 13 heteroatoms. The summed E-state index contributed by atoms with van der Waals surface area (Å²) in [4.78, 5) is -6.42. The molecule has 8 atom stereocenters. The van der Waals surface area contributed by atoms with Gasteiger partial charge in [-0.05, 0) is 23.3 Å². The predicted molar refractivity (Wildman–Crippen MR) is 147 cm³/mol. The van der Waals surface area contributed by atoms with Gasteiger partial charge in [0.25, 0.3) is 0 Å². The highest BCUT2D eigenvalue weighted by Crippen LogP contribution is 2.88. The van der Waals surface area contributed by atoms with Gasteiger partial charge >= 0.3 is 0 Å². The molecule has 5 aliphatic carbocycles. The van der Waals surface area contributed by atoms with E-state index in [1.54, 1.807) is 0 Å². The van der Waals surface area contributed by atoms with Gasteiger partial charge in [0.15, 0.2) is 8.67 Å². The molecule has 5 aliphatic rings. The number of hydrogen-bond donors (Lipinski definition) is 0. The van der Waals surface area contributed by atoms with Gasteiger partial charge in [0, 0.05) is 28.1 Å². The van der Waals surface area contributed by atoms with Crippen molar-refractivity contribution in [2.45, 2.75) is 40.0 Å². The minimum atomic E-state index is -1.82. The summed E-state index contributed by atoms with van der Waals surface area (Å²) in [5.74, 6) is -2.65. The molecule has 0 amide bonds. The first-order valence-electron chi connectivity index (χ1n) is 9.43. The summed E-state index contributed by atoms with van der Waals surface area (Å²) >= 11 is 87.1. The molecule has 0 N–H and O–H groups in total. The molecule has 1 aromatic rings. The van der Waals surface area contributed by atoms with Gasteiger partial charge in [-0.15, -0.1) is 46.4 Å². The Morgan fingerprint density at radius 3 is 1.33 bits per heavy atom. The zero-order valence-electron chi connectivity index (χ0n) is 15.5. The van der Waals surface area contributed by atoms with Crippen LogP contribution in [0, 0.1) is 11.8 Å². The second-order valence-electron chi connectivity index (χ2n) is 9.03. The van der Waals surface area contributed by atoms with Gasteiger partial charge in [-0.25, -0.2) is 0 Å². The fourth-order valence-corrected chi connectivity index (χ4v) is 13.3. The molecule has 4 bridgehead atoms. The van der Waals surface area contributed by atoms with Crippen molar-refractivity contribution in [2.75, 3.05) is 0 Å². The third-order valence-electron chi connectivity index (χ3n) is 8.09. The summed E-state index contributed by atoms with van der Waals surface area (Å²) in [5, 5.41) is 0.233. The Balaban J connectivity index is 1.79. The van der Waals surface area contributed by atoms with E-state index < -0.39 is 51.8 Å². The first kappa shape index (κ1) is 25.9. The smallest absolute Gasteiger partial charge is 0.109 e. The average molecular weight is 753 g/mol. The number of fused-ring (bicyclic) bond motifs is 14. The fraction of sp³-hybridized carbons (Fsp3) is 0.500. The third-order valence-corrected chi connectivity index (χ3v) is 17.1. The lowest BCUT2D eigenvalue weighted by molar-refractivity contribution is 0.201. The highest BCUT2D eigenvalue weighted by Gasteiger charge is 2.91. The maximum absolute atomic E-state index is 7.28. The minimum Gasteiger partial charge on any atom is -0.109 e. The normalized spacial score (nSPS) is 50.1. The van der Waals surface area contributed by atoms with Gasteiger partial charge in [0.05, 0.1) is 20.1 Å². The highest BCUT2D eigenvalue weighted by atomic mass is 79.9. The predicted octanol–water partition coefficient (Wildman–Crippen LogP) is 10.6. The molecule has 0 heterocycles. The van der Waals surface area contributed by atoms with Crippen molar-refractivity contribution in [2.24, 2.45) is 11.8 Å². The van der Waals surface area contributed by atoms with Gasteiger partial charge in [0.2, 0.25) is 0 Å². The lowest BCUT2D eigenvalue weighted by Gasteiger charge is -2.52. The standard InChI is InChI=1S/C20H7BrCl12/c21-4-1-2-5-6(3-4)8-10(18(29)14(25)12(23)16(8,27)20(18,32)33)9-7(5)15(26)11(22)13(24)17(9,28)19(15,30)31/h1-3,7-10H/t7-,8-,9+,10+,15+,16-,17-,18+/m1/s1. The average Bonchev–Trinajstić information content (AvgIpc) is 3.08. The molecule has 0 saturated heterocycles. The van der Waals surface area contributed by atoms with Crippen molar-refractivity contribution in [3.05, 3.63) is 53.9 Å². The summed E-state index contributed by atoms with van der Waals surface area (Å²) in [6.45, 7) is 0. The van der Waals surface area contributed by atoms with Gasteiger partial charge in [-0.3, -0.25) is 0 Å². The van der Waals surface area contributed by atoms with Crippen LogP contribution in [0.2, 0.25) is 0 Å². The molecule has 178 valence electrons. The van der Waals surface area contributed by atoms with Crippen LogP contribution in [0.4, 0.5) is 0 Å².